The number of hydrogen-bond acceptors (Lipinski definition) is 9. The number of nitrogens with two attached hydrogens (primary N) is 1. The van der Waals surface area contributed by atoms with Crippen LogP contribution in [0.15, 0.2) is 89.7 Å². The number of nitrogens with zero attached hydrogens (tertiary/aromatic N) is 2. The lowest BCUT2D eigenvalue weighted by Crippen LogP contribution is -2.56. The molecule has 5 aromatic rings. The van der Waals surface area contributed by atoms with Crippen LogP contribution in [0.1, 0.15) is 39.0 Å². The van der Waals surface area contributed by atoms with Gasteiger partial charge in [0, 0.05) is 54.2 Å². The van der Waals surface area contributed by atoms with Gasteiger partial charge in [-0.2, -0.15) is 0 Å². The molecule has 3 amide bonds. The van der Waals surface area contributed by atoms with E-state index in [-0.39, 0.29) is 12.8 Å². The Balaban J connectivity index is 1.46. The maximum absolute atomic E-state index is 14.3. The number of hydrogen-bond donors (Lipinski definition) is 5. The average Bonchev–Trinajstić information content (AvgIpc) is 3.79. The molecule has 0 spiro atoms. The first-order valence-corrected chi connectivity index (χ1v) is 18.1. The number of aromatic amines is 1. The van der Waals surface area contributed by atoms with Crippen molar-refractivity contribution in [3.8, 4) is 11.3 Å². The molecule has 52 heavy (non-hydrogen) atoms. The largest absolute Gasteiger partial charge is 0.480 e. The third-order valence-electron chi connectivity index (χ3n) is 8.67. The van der Waals surface area contributed by atoms with Crippen molar-refractivity contribution in [2.75, 3.05) is 12.8 Å². The summed E-state index contributed by atoms with van der Waals surface area (Å²) in [6.07, 6.45) is 2.68. The predicted octanol–water partition coefficient (Wildman–Crippen LogP) is 3.10. The number of carboxylic acids is 1. The fraction of sp³-hybridized carbons (Fsp3) is 0.270. The van der Waals surface area contributed by atoms with Crippen LogP contribution in [0.5, 0.6) is 0 Å². The van der Waals surface area contributed by atoms with Gasteiger partial charge in [-0.05, 0) is 49.6 Å². The van der Waals surface area contributed by atoms with Crippen LogP contribution < -0.4 is 15.8 Å². The Bertz CT molecular complexity index is 2160. The van der Waals surface area contributed by atoms with Crippen LogP contribution in [-0.4, -0.2) is 83.2 Å². The number of carbonyl (C=O) groups excluding carboxylic acids is 3. The van der Waals surface area contributed by atoms with E-state index in [1.54, 1.807) is 54.7 Å². The van der Waals surface area contributed by atoms with E-state index in [9.17, 15) is 27.6 Å². The van der Waals surface area contributed by atoms with E-state index in [1.165, 1.54) is 18.1 Å². The normalized spacial score (nSPS) is 13.2. The van der Waals surface area contributed by atoms with Crippen LogP contribution in [0.25, 0.3) is 22.2 Å². The van der Waals surface area contributed by atoms with Crippen molar-refractivity contribution in [3.05, 3.63) is 113 Å². The van der Waals surface area contributed by atoms with Crippen LogP contribution in [0.3, 0.4) is 0 Å². The highest BCUT2D eigenvalue weighted by molar-refractivity contribution is 7.90. The molecule has 0 saturated carbocycles. The molecule has 2 heterocycles. The molecule has 15 heteroatoms. The first-order chi connectivity index (χ1) is 24.7. The molecule has 272 valence electrons. The van der Waals surface area contributed by atoms with E-state index in [0.717, 1.165) is 27.6 Å². The molecule has 0 aliphatic carbocycles. The number of fused-ring (bicyclic) bond motifs is 1. The standard InChI is InChI=1S/C37H40N6O8S/c1-22-16-23(2)18-26(17-22)36(46)43(3)32(19-24-8-10-25(11-9-24)33-12-14-40-51-33)35(45)41-31(20-27-21-39-30-7-5-4-6-28(27)30)34(44)42-52(49,50)15-13-29(38)37(47)48/h4-12,14,16-18,21,29,31-32,39H,13,15,19-20,38H2,1-3H3,(H,41,45)(H,42,44)(H,47,48)/t29?,31-,32+/m0/s1. The maximum atomic E-state index is 14.3. The first kappa shape index (κ1) is 37.5. The molecule has 5 rings (SSSR count). The van der Waals surface area contributed by atoms with E-state index in [1.807, 2.05) is 42.8 Å². The molecule has 3 aromatic carbocycles. The second kappa shape index (κ2) is 16.0. The summed E-state index contributed by atoms with van der Waals surface area (Å²) >= 11 is 0. The Morgan fingerprint density at radius 3 is 2.31 bits per heavy atom. The van der Waals surface area contributed by atoms with Crippen LogP contribution in [-0.2, 0) is 37.2 Å². The molecule has 2 aromatic heterocycles. The quantitative estimate of drug-likeness (QED) is 0.106. The van der Waals surface area contributed by atoms with Gasteiger partial charge in [-0.1, -0.05) is 64.8 Å². The number of carbonyl (C=O) groups is 4. The van der Waals surface area contributed by atoms with Crippen molar-refractivity contribution in [2.45, 2.75) is 51.2 Å². The van der Waals surface area contributed by atoms with E-state index >= 15 is 0 Å². The Morgan fingerprint density at radius 2 is 1.65 bits per heavy atom. The summed E-state index contributed by atoms with van der Waals surface area (Å²) < 4.78 is 33.0. The molecule has 0 aliphatic heterocycles. The molecule has 1 unspecified atom stereocenters. The van der Waals surface area contributed by atoms with E-state index < -0.39 is 64.0 Å². The lowest BCUT2D eigenvalue weighted by molar-refractivity contribution is -0.138. The fourth-order valence-electron chi connectivity index (χ4n) is 5.92. The summed E-state index contributed by atoms with van der Waals surface area (Å²) in [5, 5.41) is 16.3. The zero-order chi connectivity index (χ0) is 37.6. The predicted molar refractivity (Wildman–Crippen MR) is 194 cm³/mol. The molecule has 0 saturated heterocycles. The SMILES string of the molecule is Cc1cc(C)cc(C(=O)N(C)[C@H](Cc2ccc(-c3ccno3)cc2)C(=O)N[C@@H](Cc2c[nH]c3ccccc23)C(=O)NS(=O)(=O)CCC(N)C(=O)O)c1. The number of aryl methyl sites for hydroxylation is 2. The number of amides is 3. The van der Waals surface area contributed by atoms with Gasteiger partial charge < -0.3 is 30.6 Å². The topological polar surface area (TPSA) is 218 Å². The second-order valence-corrected chi connectivity index (χ2v) is 14.6. The minimum Gasteiger partial charge on any atom is -0.480 e. The first-order valence-electron chi connectivity index (χ1n) is 16.4. The van der Waals surface area contributed by atoms with Gasteiger partial charge in [0.05, 0.1) is 11.9 Å². The summed E-state index contributed by atoms with van der Waals surface area (Å²) in [6.45, 7) is 3.72. The number of aromatic nitrogens is 2. The number of carboxylic acid groups (broad SMARTS) is 1. The van der Waals surface area contributed by atoms with Gasteiger partial charge in [0.15, 0.2) is 5.76 Å². The lowest BCUT2D eigenvalue weighted by Gasteiger charge is -2.29. The number of para-hydroxylation sites is 1. The van der Waals surface area contributed by atoms with E-state index in [0.29, 0.717) is 22.5 Å². The highest BCUT2D eigenvalue weighted by Gasteiger charge is 2.33. The van der Waals surface area contributed by atoms with Crippen molar-refractivity contribution in [2.24, 2.45) is 5.73 Å². The third kappa shape index (κ3) is 9.30. The minimum atomic E-state index is -4.36. The number of H-pyrrole nitrogens is 1. The number of nitrogens with one attached hydrogen (secondary N) is 3. The van der Waals surface area contributed by atoms with E-state index in [2.05, 4.69) is 15.5 Å². The number of rotatable bonds is 15. The van der Waals surface area contributed by atoms with E-state index in [4.69, 9.17) is 15.4 Å². The molecule has 0 radical (unpaired) electrons. The van der Waals surface area contributed by atoms with Crippen molar-refractivity contribution >= 4 is 44.6 Å². The number of aliphatic carboxylic acids is 1. The minimum absolute atomic E-state index is 0.0440. The second-order valence-electron chi connectivity index (χ2n) is 12.7. The highest BCUT2D eigenvalue weighted by atomic mass is 32.2. The van der Waals surface area contributed by atoms with Gasteiger partial charge in [-0.25, -0.2) is 8.42 Å². The van der Waals surface area contributed by atoms with Gasteiger partial charge in [0.2, 0.25) is 15.9 Å². The smallest absolute Gasteiger partial charge is 0.320 e. The zero-order valence-corrected chi connectivity index (χ0v) is 29.6. The summed E-state index contributed by atoms with van der Waals surface area (Å²) in [5.74, 6) is -3.75. The lowest BCUT2D eigenvalue weighted by atomic mass is 9.99. The van der Waals surface area contributed by atoms with Crippen molar-refractivity contribution in [1.29, 1.82) is 0 Å². The molecule has 0 aliphatic rings. The molecular formula is C37H40N6O8S. The Kier molecular flexibility index (Phi) is 11.6. The summed E-state index contributed by atoms with van der Waals surface area (Å²) in [7, 11) is -2.86. The van der Waals surface area contributed by atoms with Crippen molar-refractivity contribution in [1.82, 2.24) is 25.1 Å². The van der Waals surface area contributed by atoms with Crippen LogP contribution in [0, 0.1) is 13.8 Å². The fourth-order valence-corrected chi connectivity index (χ4v) is 7.04. The average molecular weight is 729 g/mol. The monoisotopic (exact) mass is 728 g/mol. The van der Waals surface area contributed by atoms with Crippen LogP contribution >= 0.6 is 0 Å². The number of sulfonamides is 1. The Labute approximate surface area is 300 Å². The van der Waals surface area contributed by atoms with Crippen LogP contribution in [0.4, 0.5) is 0 Å². The number of likely N-dealkylation sites (N-methyl/N-ethyl adjacent to an activating group) is 1. The van der Waals surface area contributed by atoms with Crippen molar-refractivity contribution in [3.63, 3.8) is 0 Å². The van der Waals surface area contributed by atoms with Crippen molar-refractivity contribution < 1.29 is 37.2 Å². The summed E-state index contributed by atoms with van der Waals surface area (Å²) in [6, 6.07) is 17.5. The molecule has 0 bridgehead atoms. The summed E-state index contributed by atoms with van der Waals surface area (Å²) in [5.41, 5.74) is 10.4. The van der Waals surface area contributed by atoms with Gasteiger partial charge in [0.25, 0.3) is 11.8 Å². The zero-order valence-electron chi connectivity index (χ0n) is 28.8. The molecule has 6 N–H and O–H groups in total. The highest BCUT2D eigenvalue weighted by Crippen LogP contribution is 2.22. The summed E-state index contributed by atoms with van der Waals surface area (Å²) in [4.78, 5) is 57.5. The molecular weight excluding hydrogens is 689 g/mol. The van der Waals surface area contributed by atoms with Crippen LogP contribution in [0.2, 0.25) is 0 Å². The van der Waals surface area contributed by atoms with Gasteiger partial charge >= 0.3 is 5.97 Å². The van der Waals surface area contributed by atoms with Gasteiger partial charge in [-0.3, -0.25) is 23.9 Å². The molecule has 0 fully saturated rings. The Morgan fingerprint density at radius 1 is 0.962 bits per heavy atom. The number of benzene rings is 3. The Hall–Kier alpha value is -5.80. The molecule has 3 atom stereocenters. The molecule has 14 nitrogen and oxygen atoms in total. The van der Waals surface area contributed by atoms with Gasteiger partial charge in [-0.15, -0.1) is 0 Å². The van der Waals surface area contributed by atoms with Gasteiger partial charge in [0.1, 0.15) is 18.1 Å². The maximum Gasteiger partial charge on any atom is 0.320 e. The third-order valence-corrected chi connectivity index (χ3v) is 9.95.